The lowest BCUT2D eigenvalue weighted by atomic mass is 10.1. The van der Waals surface area contributed by atoms with Crippen LogP contribution in [0, 0.1) is 0 Å². The lowest BCUT2D eigenvalue weighted by Gasteiger charge is -2.19. The molecular weight excluding hydrogens is 232 g/mol. The zero-order chi connectivity index (χ0) is 13.5. The van der Waals surface area contributed by atoms with E-state index < -0.39 is 5.97 Å². The number of carbonyl (C=O) groups is 2. The first-order chi connectivity index (χ1) is 8.57. The number of amides is 1. The van der Waals surface area contributed by atoms with Gasteiger partial charge in [-0.05, 0) is 32.1 Å². The Morgan fingerprint density at radius 2 is 2.00 bits per heavy atom. The molecule has 2 N–H and O–H groups in total. The highest BCUT2D eigenvalue weighted by Crippen LogP contribution is 2.19. The van der Waals surface area contributed by atoms with Crippen LogP contribution in [0.1, 0.15) is 23.2 Å². The molecule has 0 aliphatic carbocycles. The summed E-state index contributed by atoms with van der Waals surface area (Å²) in [5, 5.41) is 12.0. The molecule has 18 heavy (non-hydrogen) atoms. The van der Waals surface area contributed by atoms with Gasteiger partial charge in [-0.3, -0.25) is 4.79 Å². The number of nitrogens with one attached hydrogen (secondary N) is 1. The number of hydrogen-bond donors (Lipinski definition) is 2. The Labute approximate surface area is 106 Å². The molecule has 0 saturated heterocycles. The third-order valence-corrected chi connectivity index (χ3v) is 2.69. The molecule has 0 atom stereocenters. The molecule has 0 heterocycles. The Hall–Kier alpha value is -1.88. The van der Waals surface area contributed by atoms with Crippen molar-refractivity contribution >= 4 is 17.6 Å². The minimum atomic E-state index is -1.03. The Morgan fingerprint density at radius 3 is 2.61 bits per heavy atom. The third-order valence-electron chi connectivity index (χ3n) is 2.69. The molecule has 0 bridgehead atoms. The van der Waals surface area contributed by atoms with E-state index in [1.54, 1.807) is 25.2 Å². The van der Waals surface area contributed by atoms with Gasteiger partial charge in [0.15, 0.2) is 0 Å². The number of hydrogen-bond acceptors (Lipinski definition) is 3. The van der Waals surface area contributed by atoms with Crippen molar-refractivity contribution in [3.05, 3.63) is 29.8 Å². The Bertz CT molecular complexity index is 432. The molecule has 1 aromatic rings. The summed E-state index contributed by atoms with van der Waals surface area (Å²) in [6.07, 6.45) is 1.13. The van der Waals surface area contributed by atoms with Crippen molar-refractivity contribution in [1.82, 2.24) is 5.32 Å². The Kier molecular flexibility index (Phi) is 5.32. The topological polar surface area (TPSA) is 69.6 Å². The quantitative estimate of drug-likeness (QED) is 0.748. The van der Waals surface area contributed by atoms with Crippen molar-refractivity contribution in [3.63, 3.8) is 0 Å². The van der Waals surface area contributed by atoms with Gasteiger partial charge in [0.2, 0.25) is 5.91 Å². The van der Waals surface area contributed by atoms with Gasteiger partial charge in [-0.2, -0.15) is 0 Å². The van der Waals surface area contributed by atoms with Crippen LogP contribution in [-0.4, -0.2) is 37.6 Å². The van der Waals surface area contributed by atoms with Gasteiger partial charge in [0, 0.05) is 13.5 Å². The van der Waals surface area contributed by atoms with Gasteiger partial charge in [0.1, 0.15) is 0 Å². The molecule has 5 nitrogen and oxygen atoms in total. The van der Waals surface area contributed by atoms with Crippen LogP contribution in [0.5, 0.6) is 0 Å². The zero-order valence-corrected chi connectivity index (χ0v) is 10.6. The van der Waals surface area contributed by atoms with E-state index in [2.05, 4.69) is 5.32 Å². The van der Waals surface area contributed by atoms with E-state index in [0.717, 1.165) is 13.0 Å². The minimum Gasteiger partial charge on any atom is -0.478 e. The second kappa shape index (κ2) is 6.76. The molecule has 1 amide bonds. The van der Waals surface area contributed by atoms with E-state index >= 15 is 0 Å². The largest absolute Gasteiger partial charge is 0.478 e. The van der Waals surface area contributed by atoms with Crippen molar-refractivity contribution < 1.29 is 14.7 Å². The van der Waals surface area contributed by atoms with E-state index in [0.29, 0.717) is 12.1 Å². The number of carboxylic acids is 1. The van der Waals surface area contributed by atoms with E-state index in [9.17, 15) is 9.59 Å². The van der Waals surface area contributed by atoms with Crippen LogP contribution in [-0.2, 0) is 4.79 Å². The minimum absolute atomic E-state index is 0.0843. The molecule has 0 fully saturated rings. The number of aromatic carboxylic acids is 1. The van der Waals surface area contributed by atoms with Gasteiger partial charge in [-0.15, -0.1) is 0 Å². The van der Waals surface area contributed by atoms with E-state index in [-0.39, 0.29) is 11.5 Å². The summed E-state index contributed by atoms with van der Waals surface area (Å²) in [6.45, 7) is 0.764. The highest BCUT2D eigenvalue weighted by molar-refractivity contribution is 6.01. The van der Waals surface area contributed by atoms with Crippen molar-refractivity contribution in [1.29, 1.82) is 0 Å². The zero-order valence-electron chi connectivity index (χ0n) is 10.6. The van der Waals surface area contributed by atoms with Crippen molar-refractivity contribution in [3.8, 4) is 0 Å². The Balaban J connectivity index is 2.80. The maximum Gasteiger partial charge on any atom is 0.337 e. The fourth-order valence-electron chi connectivity index (χ4n) is 1.67. The van der Waals surface area contributed by atoms with Crippen LogP contribution in [0.25, 0.3) is 0 Å². The normalized spacial score (nSPS) is 10.1. The number of nitrogens with zero attached hydrogens (tertiary/aromatic N) is 1. The number of carboxylic acid groups (broad SMARTS) is 1. The first kappa shape index (κ1) is 14.2. The molecule has 0 aromatic heterocycles. The van der Waals surface area contributed by atoms with Crippen LogP contribution in [0.2, 0.25) is 0 Å². The molecule has 98 valence electrons. The predicted molar refractivity (Wildman–Crippen MR) is 70.0 cm³/mol. The molecule has 0 spiro atoms. The summed E-state index contributed by atoms with van der Waals surface area (Å²) in [5.74, 6) is -1.11. The number of para-hydroxylation sites is 1. The summed E-state index contributed by atoms with van der Waals surface area (Å²) < 4.78 is 0. The van der Waals surface area contributed by atoms with Crippen LogP contribution in [0.15, 0.2) is 24.3 Å². The molecular formula is C13H18N2O3. The Morgan fingerprint density at radius 1 is 1.33 bits per heavy atom. The first-order valence-electron chi connectivity index (χ1n) is 5.81. The van der Waals surface area contributed by atoms with Crippen LogP contribution >= 0.6 is 0 Å². The summed E-state index contributed by atoms with van der Waals surface area (Å²) in [7, 11) is 3.43. The molecule has 1 aromatic carbocycles. The fourth-order valence-corrected chi connectivity index (χ4v) is 1.67. The average Bonchev–Trinajstić information content (AvgIpc) is 2.38. The molecule has 0 unspecified atom stereocenters. The van der Waals surface area contributed by atoms with Crippen LogP contribution in [0.4, 0.5) is 5.69 Å². The van der Waals surface area contributed by atoms with Crippen molar-refractivity contribution in [2.45, 2.75) is 12.8 Å². The summed E-state index contributed by atoms with van der Waals surface area (Å²) >= 11 is 0. The van der Waals surface area contributed by atoms with E-state index in [4.69, 9.17) is 5.11 Å². The lowest BCUT2D eigenvalue weighted by Crippen LogP contribution is -2.28. The number of rotatable bonds is 6. The highest BCUT2D eigenvalue weighted by Gasteiger charge is 2.17. The van der Waals surface area contributed by atoms with Gasteiger partial charge in [0.25, 0.3) is 0 Å². The summed E-state index contributed by atoms with van der Waals surface area (Å²) in [6, 6.07) is 6.50. The molecule has 5 heteroatoms. The number of anilines is 1. The monoisotopic (exact) mass is 250 g/mol. The molecule has 0 aliphatic rings. The fraction of sp³-hybridized carbons (Fsp3) is 0.385. The van der Waals surface area contributed by atoms with Gasteiger partial charge in [-0.1, -0.05) is 12.1 Å². The summed E-state index contributed by atoms with van der Waals surface area (Å²) in [4.78, 5) is 24.4. The molecule has 0 aliphatic heterocycles. The average molecular weight is 250 g/mol. The van der Waals surface area contributed by atoms with Crippen molar-refractivity contribution in [2.24, 2.45) is 0 Å². The van der Waals surface area contributed by atoms with Gasteiger partial charge in [-0.25, -0.2) is 4.79 Å². The van der Waals surface area contributed by atoms with E-state index in [1.807, 2.05) is 7.05 Å². The molecule has 0 saturated carbocycles. The van der Waals surface area contributed by atoms with Gasteiger partial charge < -0.3 is 15.3 Å². The van der Waals surface area contributed by atoms with Gasteiger partial charge in [0.05, 0.1) is 11.3 Å². The van der Waals surface area contributed by atoms with Crippen molar-refractivity contribution in [2.75, 3.05) is 25.5 Å². The maximum atomic E-state index is 11.9. The number of benzene rings is 1. The second-order valence-corrected chi connectivity index (χ2v) is 3.98. The highest BCUT2D eigenvalue weighted by atomic mass is 16.4. The smallest absolute Gasteiger partial charge is 0.337 e. The van der Waals surface area contributed by atoms with Crippen LogP contribution < -0.4 is 10.2 Å². The van der Waals surface area contributed by atoms with E-state index in [1.165, 1.54) is 11.0 Å². The third kappa shape index (κ3) is 3.56. The second-order valence-electron chi connectivity index (χ2n) is 3.98. The van der Waals surface area contributed by atoms with Gasteiger partial charge >= 0.3 is 5.97 Å². The predicted octanol–water partition coefficient (Wildman–Crippen LogP) is 1.35. The molecule has 0 radical (unpaired) electrons. The summed E-state index contributed by atoms with van der Waals surface area (Å²) in [5.41, 5.74) is 0.571. The standard InChI is InChI=1S/C13H18N2O3/c1-14-9-5-8-12(16)15(2)11-7-4-3-6-10(11)13(17)18/h3-4,6-7,14H,5,8-9H2,1-2H3,(H,17,18). The number of carbonyl (C=O) groups excluding carboxylic acids is 1. The van der Waals surface area contributed by atoms with Crippen LogP contribution in [0.3, 0.4) is 0 Å². The SMILES string of the molecule is CNCCCC(=O)N(C)c1ccccc1C(=O)O. The first-order valence-corrected chi connectivity index (χ1v) is 5.81. The lowest BCUT2D eigenvalue weighted by molar-refractivity contribution is -0.118. The molecule has 1 rings (SSSR count). The maximum absolute atomic E-state index is 11.9.